The van der Waals surface area contributed by atoms with E-state index in [2.05, 4.69) is 4.98 Å². The Morgan fingerprint density at radius 3 is 2.65 bits per heavy atom. The van der Waals surface area contributed by atoms with Crippen molar-refractivity contribution < 1.29 is 9.50 Å². The molecule has 0 aliphatic carbocycles. The van der Waals surface area contributed by atoms with E-state index in [1.807, 2.05) is 0 Å². The Morgan fingerprint density at radius 2 is 1.94 bits per heavy atom. The van der Waals surface area contributed by atoms with Crippen molar-refractivity contribution >= 4 is 11.6 Å². The number of aliphatic hydroxyl groups excluding tert-OH is 1. The summed E-state index contributed by atoms with van der Waals surface area (Å²) in [6.07, 6.45) is 2.77. The molecule has 1 heterocycles. The van der Waals surface area contributed by atoms with Gasteiger partial charge in [-0.3, -0.25) is 4.98 Å². The molecule has 2 nitrogen and oxygen atoms in total. The largest absolute Gasteiger partial charge is 0.388 e. The predicted molar refractivity (Wildman–Crippen MR) is 64.3 cm³/mol. The van der Waals surface area contributed by atoms with Crippen molar-refractivity contribution in [2.24, 2.45) is 0 Å². The molecule has 88 valence electrons. The Balaban J connectivity index is 2.18. The molecule has 0 fully saturated rings. The van der Waals surface area contributed by atoms with Crippen molar-refractivity contribution in [2.75, 3.05) is 0 Å². The summed E-state index contributed by atoms with van der Waals surface area (Å²) >= 11 is 5.94. The van der Waals surface area contributed by atoms with Crippen LogP contribution in [0.15, 0.2) is 42.7 Å². The fourth-order valence-electron chi connectivity index (χ4n) is 1.61. The van der Waals surface area contributed by atoms with Gasteiger partial charge < -0.3 is 5.11 Å². The molecule has 0 spiro atoms. The van der Waals surface area contributed by atoms with E-state index in [-0.39, 0.29) is 12.2 Å². The Hall–Kier alpha value is -1.45. The summed E-state index contributed by atoms with van der Waals surface area (Å²) in [5, 5.41) is 10.4. The molecule has 1 N–H and O–H groups in total. The van der Waals surface area contributed by atoms with Gasteiger partial charge in [0.15, 0.2) is 0 Å². The third-order valence-electron chi connectivity index (χ3n) is 2.51. The molecular formula is C13H11ClFNO. The average molecular weight is 252 g/mol. The molecule has 0 aliphatic rings. The van der Waals surface area contributed by atoms with E-state index in [0.717, 1.165) is 5.56 Å². The van der Waals surface area contributed by atoms with E-state index in [1.165, 1.54) is 18.2 Å². The normalized spacial score (nSPS) is 12.4. The van der Waals surface area contributed by atoms with Gasteiger partial charge in [-0.05, 0) is 41.5 Å². The maximum Gasteiger partial charge on any atom is 0.123 e. The molecule has 1 aromatic heterocycles. The number of hydrogen-bond acceptors (Lipinski definition) is 2. The molecule has 0 aliphatic heterocycles. The predicted octanol–water partition coefficient (Wildman–Crippen LogP) is 3.15. The fourth-order valence-corrected chi connectivity index (χ4v) is 1.81. The first-order valence-corrected chi connectivity index (χ1v) is 5.56. The molecule has 4 heteroatoms. The minimum atomic E-state index is -0.711. The van der Waals surface area contributed by atoms with Crippen LogP contribution in [0.4, 0.5) is 4.39 Å². The minimum Gasteiger partial charge on any atom is -0.388 e. The number of rotatable bonds is 3. The van der Waals surface area contributed by atoms with Crippen LogP contribution in [0.2, 0.25) is 5.02 Å². The average Bonchev–Trinajstić information content (AvgIpc) is 2.35. The SMILES string of the molecule is OC(Cc1cc(F)ccc1Cl)c1ccncc1. The summed E-state index contributed by atoms with van der Waals surface area (Å²) < 4.78 is 13.0. The summed E-state index contributed by atoms with van der Waals surface area (Å²) in [7, 11) is 0. The summed E-state index contributed by atoms with van der Waals surface area (Å²) in [6, 6.07) is 7.57. The zero-order chi connectivity index (χ0) is 12.3. The van der Waals surface area contributed by atoms with Gasteiger partial charge in [-0.25, -0.2) is 4.39 Å². The molecule has 1 aromatic carbocycles. The van der Waals surface area contributed by atoms with Crippen LogP contribution in [0.3, 0.4) is 0 Å². The van der Waals surface area contributed by atoms with Crippen LogP contribution in [-0.4, -0.2) is 10.1 Å². The lowest BCUT2D eigenvalue weighted by molar-refractivity contribution is 0.178. The van der Waals surface area contributed by atoms with Crippen LogP contribution in [0.5, 0.6) is 0 Å². The molecule has 0 saturated heterocycles. The van der Waals surface area contributed by atoms with Gasteiger partial charge in [0, 0.05) is 23.8 Å². The van der Waals surface area contributed by atoms with Crippen molar-refractivity contribution in [2.45, 2.75) is 12.5 Å². The minimum absolute atomic E-state index is 0.278. The van der Waals surface area contributed by atoms with Crippen LogP contribution < -0.4 is 0 Å². The summed E-state index contributed by atoms with van der Waals surface area (Å²) in [5.41, 5.74) is 1.33. The van der Waals surface area contributed by atoms with Gasteiger partial charge in [0.2, 0.25) is 0 Å². The third-order valence-corrected chi connectivity index (χ3v) is 2.88. The van der Waals surface area contributed by atoms with Crippen LogP contribution in [0.25, 0.3) is 0 Å². The lowest BCUT2D eigenvalue weighted by atomic mass is 10.0. The van der Waals surface area contributed by atoms with E-state index in [0.29, 0.717) is 10.6 Å². The first-order valence-electron chi connectivity index (χ1n) is 5.19. The quantitative estimate of drug-likeness (QED) is 0.909. The maximum atomic E-state index is 13.0. The highest BCUT2D eigenvalue weighted by Gasteiger charge is 2.11. The molecular weight excluding hydrogens is 241 g/mol. The number of aromatic nitrogens is 1. The smallest absolute Gasteiger partial charge is 0.123 e. The van der Waals surface area contributed by atoms with Crippen molar-refractivity contribution in [3.8, 4) is 0 Å². The zero-order valence-electron chi connectivity index (χ0n) is 8.98. The highest BCUT2D eigenvalue weighted by Crippen LogP contribution is 2.23. The van der Waals surface area contributed by atoms with Gasteiger partial charge >= 0.3 is 0 Å². The van der Waals surface area contributed by atoms with Crippen molar-refractivity contribution in [3.63, 3.8) is 0 Å². The standard InChI is InChI=1S/C13H11ClFNO/c14-12-2-1-11(15)7-10(12)8-13(17)9-3-5-16-6-4-9/h1-7,13,17H,8H2. The highest BCUT2D eigenvalue weighted by molar-refractivity contribution is 6.31. The molecule has 0 saturated carbocycles. The van der Waals surface area contributed by atoms with Gasteiger partial charge in [-0.15, -0.1) is 0 Å². The van der Waals surface area contributed by atoms with E-state index in [4.69, 9.17) is 11.6 Å². The molecule has 0 radical (unpaired) electrons. The van der Waals surface area contributed by atoms with Crippen LogP contribution in [0.1, 0.15) is 17.2 Å². The van der Waals surface area contributed by atoms with E-state index in [9.17, 15) is 9.50 Å². The summed E-state index contributed by atoms with van der Waals surface area (Å²) in [4.78, 5) is 3.87. The molecule has 17 heavy (non-hydrogen) atoms. The lowest BCUT2D eigenvalue weighted by Gasteiger charge is -2.11. The number of benzene rings is 1. The highest BCUT2D eigenvalue weighted by atomic mass is 35.5. The second-order valence-electron chi connectivity index (χ2n) is 3.74. The zero-order valence-corrected chi connectivity index (χ0v) is 9.73. The Bertz CT molecular complexity index is 504. The van der Waals surface area contributed by atoms with Gasteiger partial charge in [0.25, 0.3) is 0 Å². The molecule has 1 unspecified atom stereocenters. The number of pyridine rings is 1. The van der Waals surface area contributed by atoms with E-state index in [1.54, 1.807) is 24.5 Å². The van der Waals surface area contributed by atoms with Crippen molar-refractivity contribution in [1.29, 1.82) is 0 Å². The Labute approximate surface area is 104 Å². The Kier molecular flexibility index (Phi) is 3.71. The van der Waals surface area contributed by atoms with Crippen molar-refractivity contribution in [1.82, 2.24) is 4.98 Å². The second kappa shape index (κ2) is 5.25. The molecule has 0 bridgehead atoms. The lowest BCUT2D eigenvalue weighted by Crippen LogP contribution is -2.02. The monoisotopic (exact) mass is 251 g/mol. The van der Waals surface area contributed by atoms with Crippen LogP contribution >= 0.6 is 11.6 Å². The maximum absolute atomic E-state index is 13.0. The van der Waals surface area contributed by atoms with Crippen molar-refractivity contribution in [3.05, 3.63) is 64.7 Å². The number of halogens is 2. The van der Waals surface area contributed by atoms with Gasteiger partial charge in [0.1, 0.15) is 5.82 Å². The molecule has 2 rings (SSSR count). The molecule has 0 amide bonds. The van der Waals surface area contributed by atoms with E-state index >= 15 is 0 Å². The number of nitrogens with zero attached hydrogens (tertiary/aromatic N) is 1. The topological polar surface area (TPSA) is 33.1 Å². The fraction of sp³-hybridized carbons (Fsp3) is 0.154. The summed E-state index contributed by atoms with van der Waals surface area (Å²) in [5.74, 6) is -0.355. The molecule has 1 atom stereocenters. The number of aliphatic hydroxyl groups is 1. The molecule has 2 aromatic rings. The van der Waals surface area contributed by atoms with Gasteiger partial charge in [0.05, 0.1) is 6.10 Å². The van der Waals surface area contributed by atoms with Gasteiger partial charge in [-0.1, -0.05) is 11.6 Å². The third kappa shape index (κ3) is 3.02. The first-order chi connectivity index (χ1) is 8.16. The second-order valence-corrected chi connectivity index (χ2v) is 4.14. The number of hydrogen-bond donors (Lipinski definition) is 1. The Morgan fingerprint density at radius 1 is 1.24 bits per heavy atom. The van der Waals surface area contributed by atoms with Gasteiger partial charge in [-0.2, -0.15) is 0 Å². The van der Waals surface area contributed by atoms with E-state index < -0.39 is 6.10 Å². The van der Waals surface area contributed by atoms with Crippen LogP contribution in [-0.2, 0) is 6.42 Å². The van der Waals surface area contributed by atoms with Crippen LogP contribution in [0, 0.1) is 5.82 Å². The summed E-state index contributed by atoms with van der Waals surface area (Å²) in [6.45, 7) is 0. The first kappa shape index (κ1) is 12.0.